The quantitative estimate of drug-likeness (QED) is 0.832. The zero-order valence-corrected chi connectivity index (χ0v) is 13.8. The molecule has 2 aliphatic rings. The van der Waals surface area contributed by atoms with Crippen molar-refractivity contribution in [3.8, 4) is 0 Å². The van der Waals surface area contributed by atoms with Gasteiger partial charge in [0.25, 0.3) is 0 Å². The zero-order valence-electron chi connectivity index (χ0n) is 13.8. The molecule has 0 aliphatic carbocycles. The molecule has 1 amide bonds. The molecule has 0 N–H and O–H groups in total. The number of halogens is 1. The van der Waals surface area contributed by atoms with Gasteiger partial charge in [0.1, 0.15) is 0 Å². The minimum Gasteiger partial charge on any atom is -0.338 e. The molecule has 1 atom stereocenters. The predicted octanol–water partition coefficient (Wildman–Crippen LogP) is 3.25. The molecule has 0 aromatic heterocycles. The van der Waals surface area contributed by atoms with E-state index < -0.39 is 0 Å². The molecule has 0 saturated carbocycles. The molecule has 1 spiro atoms. The molecule has 1 aromatic rings. The second kappa shape index (κ2) is 7.43. The fraction of sp³-hybridized carbons (Fsp3) is 0.632. The highest BCUT2D eigenvalue weighted by Crippen LogP contribution is 2.39. The van der Waals surface area contributed by atoms with E-state index in [1.54, 1.807) is 0 Å². The summed E-state index contributed by atoms with van der Waals surface area (Å²) in [5, 5.41) is 0. The number of piperidine rings is 2. The number of rotatable bonds is 5. The van der Waals surface area contributed by atoms with Gasteiger partial charge in [0.2, 0.25) is 5.91 Å². The van der Waals surface area contributed by atoms with E-state index in [1.165, 1.54) is 18.4 Å². The first-order valence-electron chi connectivity index (χ1n) is 8.81. The molecule has 2 saturated heterocycles. The van der Waals surface area contributed by atoms with E-state index in [-0.39, 0.29) is 18.0 Å². The van der Waals surface area contributed by atoms with Gasteiger partial charge >= 0.3 is 0 Å². The topological polar surface area (TPSA) is 23.6 Å². The van der Waals surface area contributed by atoms with E-state index >= 15 is 0 Å². The Hall–Kier alpha value is -1.42. The molecule has 126 valence electrons. The average molecular weight is 318 g/mol. The van der Waals surface area contributed by atoms with Crippen LogP contribution in [-0.4, -0.2) is 48.6 Å². The smallest absolute Gasteiger partial charge is 0.222 e. The first-order chi connectivity index (χ1) is 11.2. The van der Waals surface area contributed by atoms with Gasteiger partial charge in [-0.1, -0.05) is 30.3 Å². The standard InChI is InChI=1S/C19H27FN2O/c20-11-5-13-21-12-4-9-19(15-21)10-8-18(23)22(16-19)14-17-6-2-1-3-7-17/h1-3,6-7H,4-5,8-16H2/t19-/m1/s1. The van der Waals surface area contributed by atoms with Crippen molar-refractivity contribution >= 4 is 5.91 Å². The van der Waals surface area contributed by atoms with Crippen LogP contribution in [0.4, 0.5) is 4.39 Å². The summed E-state index contributed by atoms with van der Waals surface area (Å²) in [4.78, 5) is 16.8. The molecule has 1 aromatic carbocycles. The maximum atomic E-state index is 12.5. The number of benzene rings is 1. The molecule has 0 bridgehead atoms. The highest BCUT2D eigenvalue weighted by atomic mass is 19.1. The Labute approximate surface area is 138 Å². The van der Waals surface area contributed by atoms with Gasteiger partial charge in [-0.05, 0) is 37.8 Å². The Balaban J connectivity index is 1.65. The van der Waals surface area contributed by atoms with Crippen molar-refractivity contribution in [1.29, 1.82) is 0 Å². The summed E-state index contributed by atoms with van der Waals surface area (Å²) in [5.41, 5.74) is 1.42. The van der Waals surface area contributed by atoms with Crippen molar-refractivity contribution in [3.63, 3.8) is 0 Å². The van der Waals surface area contributed by atoms with E-state index in [2.05, 4.69) is 17.0 Å². The van der Waals surface area contributed by atoms with Gasteiger partial charge < -0.3 is 9.80 Å². The lowest BCUT2D eigenvalue weighted by Gasteiger charge is -2.48. The third-order valence-electron chi connectivity index (χ3n) is 5.31. The second-order valence-corrected chi connectivity index (χ2v) is 7.16. The Morgan fingerprint density at radius 1 is 1.13 bits per heavy atom. The molecule has 23 heavy (non-hydrogen) atoms. The highest BCUT2D eigenvalue weighted by molar-refractivity contribution is 5.77. The number of carbonyl (C=O) groups excluding carboxylic acids is 1. The molecule has 0 radical (unpaired) electrons. The van der Waals surface area contributed by atoms with E-state index in [4.69, 9.17) is 0 Å². The van der Waals surface area contributed by atoms with Gasteiger partial charge in [0.15, 0.2) is 0 Å². The molecule has 4 heteroatoms. The minimum absolute atomic E-state index is 0.219. The first kappa shape index (κ1) is 16.4. The summed E-state index contributed by atoms with van der Waals surface area (Å²) in [6.45, 7) is 4.28. The van der Waals surface area contributed by atoms with Crippen LogP contribution in [0.3, 0.4) is 0 Å². The predicted molar refractivity (Wildman–Crippen MR) is 89.8 cm³/mol. The first-order valence-corrected chi connectivity index (χ1v) is 8.81. The van der Waals surface area contributed by atoms with Gasteiger partial charge in [-0.15, -0.1) is 0 Å². The molecule has 3 nitrogen and oxygen atoms in total. The van der Waals surface area contributed by atoms with Crippen molar-refractivity contribution in [1.82, 2.24) is 9.80 Å². The number of alkyl halides is 1. The van der Waals surface area contributed by atoms with Crippen LogP contribution in [0.25, 0.3) is 0 Å². The summed E-state index contributed by atoms with van der Waals surface area (Å²) in [5.74, 6) is 0.278. The number of amides is 1. The van der Waals surface area contributed by atoms with Crippen LogP contribution >= 0.6 is 0 Å². The molecule has 0 unspecified atom stereocenters. The van der Waals surface area contributed by atoms with Crippen LogP contribution < -0.4 is 0 Å². The van der Waals surface area contributed by atoms with E-state index in [0.29, 0.717) is 19.4 Å². The molecule has 2 fully saturated rings. The Bertz CT molecular complexity index is 521. The summed E-state index contributed by atoms with van der Waals surface area (Å²) < 4.78 is 12.5. The lowest BCUT2D eigenvalue weighted by molar-refractivity contribution is -0.140. The van der Waals surface area contributed by atoms with Crippen LogP contribution in [0.5, 0.6) is 0 Å². The van der Waals surface area contributed by atoms with Crippen molar-refractivity contribution in [3.05, 3.63) is 35.9 Å². The largest absolute Gasteiger partial charge is 0.338 e. The van der Waals surface area contributed by atoms with Crippen LogP contribution in [0.1, 0.15) is 37.7 Å². The monoisotopic (exact) mass is 318 g/mol. The Morgan fingerprint density at radius 3 is 2.74 bits per heavy atom. The Kier molecular flexibility index (Phi) is 5.31. The number of hydrogen-bond acceptors (Lipinski definition) is 2. The highest BCUT2D eigenvalue weighted by Gasteiger charge is 2.41. The Morgan fingerprint density at radius 2 is 1.96 bits per heavy atom. The maximum Gasteiger partial charge on any atom is 0.222 e. The molecular weight excluding hydrogens is 291 g/mol. The number of likely N-dealkylation sites (tertiary alicyclic amines) is 2. The maximum absolute atomic E-state index is 12.5. The molecular formula is C19H27FN2O. The van der Waals surface area contributed by atoms with E-state index in [1.807, 2.05) is 23.1 Å². The van der Waals surface area contributed by atoms with Crippen LogP contribution in [0, 0.1) is 5.41 Å². The number of carbonyl (C=O) groups is 1. The third-order valence-corrected chi connectivity index (χ3v) is 5.31. The fourth-order valence-electron chi connectivity index (χ4n) is 4.17. The zero-order chi connectivity index (χ0) is 16.1. The summed E-state index contributed by atoms with van der Waals surface area (Å²) in [6.07, 6.45) is 4.63. The van der Waals surface area contributed by atoms with Gasteiger partial charge in [-0.3, -0.25) is 9.18 Å². The van der Waals surface area contributed by atoms with Crippen molar-refractivity contribution in [2.75, 3.05) is 32.9 Å². The van der Waals surface area contributed by atoms with Gasteiger partial charge in [-0.25, -0.2) is 0 Å². The van der Waals surface area contributed by atoms with Crippen molar-refractivity contribution in [2.45, 2.75) is 38.6 Å². The average Bonchev–Trinajstić information content (AvgIpc) is 2.58. The summed E-state index contributed by atoms with van der Waals surface area (Å²) in [7, 11) is 0. The fourth-order valence-corrected chi connectivity index (χ4v) is 4.17. The van der Waals surface area contributed by atoms with Crippen molar-refractivity contribution in [2.24, 2.45) is 5.41 Å². The van der Waals surface area contributed by atoms with Crippen molar-refractivity contribution < 1.29 is 9.18 Å². The summed E-state index contributed by atoms with van der Waals surface area (Å²) >= 11 is 0. The van der Waals surface area contributed by atoms with Crippen LogP contribution in [-0.2, 0) is 11.3 Å². The van der Waals surface area contributed by atoms with Gasteiger partial charge in [0, 0.05) is 38.0 Å². The lowest BCUT2D eigenvalue weighted by Crippen LogP contribution is -2.53. The summed E-state index contributed by atoms with van der Waals surface area (Å²) in [6, 6.07) is 10.2. The van der Waals surface area contributed by atoms with Gasteiger partial charge in [-0.2, -0.15) is 0 Å². The lowest BCUT2D eigenvalue weighted by atomic mass is 9.73. The van der Waals surface area contributed by atoms with Gasteiger partial charge in [0.05, 0.1) is 6.67 Å². The van der Waals surface area contributed by atoms with Crippen LogP contribution in [0.15, 0.2) is 30.3 Å². The minimum atomic E-state index is -0.234. The normalized spacial score (nSPS) is 26.0. The van der Waals surface area contributed by atoms with E-state index in [0.717, 1.165) is 32.6 Å². The molecule has 2 aliphatic heterocycles. The van der Waals surface area contributed by atoms with E-state index in [9.17, 15) is 9.18 Å². The molecule has 2 heterocycles. The SMILES string of the molecule is O=C1CC[C@@]2(CCCN(CCCF)C2)CN1Cc1ccccc1. The second-order valence-electron chi connectivity index (χ2n) is 7.16. The van der Waals surface area contributed by atoms with Crippen LogP contribution in [0.2, 0.25) is 0 Å². The number of nitrogens with zero attached hydrogens (tertiary/aromatic N) is 2. The number of hydrogen-bond donors (Lipinski definition) is 0. The third kappa shape index (κ3) is 4.11. The molecule has 3 rings (SSSR count).